The quantitative estimate of drug-likeness (QED) is 0.343. The highest BCUT2D eigenvalue weighted by atomic mass is 35.5. The van der Waals surface area contributed by atoms with E-state index in [1.165, 1.54) is 23.6 Å². The van der Waals surface area contributed by atoms with Crippen molar-refractivity contribution in [3.8, 4) is 17.7 Å². The Bertz CT molecular complexity index is 1120. The Hall–Kier alpha value is -2.49. The number of hydrogen-bond donors (Lipinski definition) is 1. The first-order valence-corrected chi connectivity index (χ1v) is 12.1. The minimum atomic E-state index is -0.567. The van der Waals surface area contributed by atoms with E-state index in [1.807, 2.05) is 6.07 Å². The van der Waals surface area contributed by atoms with Crippen LogP contribution < -0.4 is 10.3 Å². The number of ketones is 1. The van der Waals surface area contributed by atoms with E-state index in [0.717, 1.165) is 38.5 Å². The molecule has 2 aromatic rings. The molecule has 0 bridgehead atoms. The van der Waals surface area contributed by atoms with E-state index in [4.69, 9.17) is 27.9 Å². The average Bonchev–Trinajstić information content (AvgIpc) is 2.79. The van der Waals surface area contributed by atoms with E-state index in [-0.39, 0.29) is 38.3 Å². The van der Waals surface area contributed by atoms with Crippen molar-refractivity contribution in [3.05, 3.63) is 54.8 Å². The standard InChI is InChI=1S/C25H28Cl2N2O4/c1-3-4-8-11-33-23-19(26)12-16(13-20(23)27)22(30)21-15(2)18(14-28)24(31)29(25(21)32)17-9-6-5-7-10-17/h12-13,17,32H,3-11H2,1-2H3. The molecule has 1 aromatic carbocycles. The number of nitrogens with zero attached hydrogens (tertiary/aromatic N) is 2. The zero-order valence-corrected chi connectivity index (χ0v) is 20.4. The number of aromatic nitrogens is 1. The number of pyridine rings is 1. The third-order valence-electron chi connectivity index (χ3n) is 6.17. The molecule has 1 fully saturated rings. The van der Waals surface area contributed by atoms with Gasteiger partial charge in [0.15, 0.2) is 11.5 Å². The highest BCUT2D eigenvalue weighted by Gasteiger charge is 2.29. The molecule has 1 aliphatic carbocycles. The molecule has 1 heterocycles. The Morgan fingerprint density at radius 1 is 1.21 bits per heavy atom. The zero-order valence-electron chi connectivity index (χ0n) is 18.9. The molecule has 1 N–H and O–H groups in total. The summed E-state index contributed by atoms with van der Waals surface area (Å²) in [7, 11) is 0. The van der Waals surface area contributed by atoms with Gasteiger partial charge in [-0.25, -0.2) is 0 Å². The largest absolute Gasteiger partial charge is 0.494 e. The van der Waals surface area contributed by atoms with Crippen LogP contribution in [-0.4, -0.2) is 22.1 Å². The lowest BCUT2D eigenvalue weighted by Gasteiger charge is -2.26. The number of benzene rings is 1. The summed E-state index contributed by atoms with van der Waals surface area (Å²) in [6.45, 7) is 4.04. The minimum Gasteiger partial charge on any atom is -0.494 e. The van der Waals surface area contributed by atoms with Crippen LogP contribution in [0.1, 0.15) is 91.4 Å². The number of halogens is 2. The molecule has 1 saturated carbocycles. The Morgan fingerprint density at radius 2 is 1.85 bits per heavy atom. The van der Waals surface area contributed by atoms with Crippen LogP contribution in [0.5, 0.6) is 11.6 Å². The van der Waals surface area contributed by atoms with Gasteiger partial charge in [0.1, 0.15) is 11.6 Å². The van der Waals surface area contributed by atoms with Gasteiger partial charge in [-0.3, -0.25) is 14.2 Å². The van der Waals surface area contributed by atoms with E-state index in [2.05, 4.69) is 6.92 Å². The summed E-state index contributed by atoms with van der Waals surface area (Å²) >= 11 is 12.7. The van der Waals surface area contributed by atoms with Gasteiger partial charge in [0.05, 0.1) is 22.2 Å². The summed E-state index contributed by atoms with van der Waals surface area (Å²) in [4.78, 5) is 26.4. The molecule has 1 aromatic heterocycles. The first-order chi connectivity index (χ1) is 15.8. The van der Waals surface area contributed by atoms with E-state index in [9.17, 15) is 20.0 Å². The fraction of sp³-hybridized carbons (Fsp3) is 0.480. The maximum Gasteiger partial charge on any atom is 0.271 e. The Kier molecular flexibility index (Phi) is 8.45. The third-order valence-corrected chi connectivity index (χ3v) is 6.73. The van der Waals surface area contributed by atoms with Gasteiger partial charge >= 0.3 is 0 Å². The number of aromatic hydroxyl groups is 1. The lowest BCUT2D eigenvalue weighted by atomic mass is 9.93. The number of carbonyl (C=O) groups excluding carboxylic acids is 1. The van der Waals surface area contributed by atoms with Crippen molar-refractivity contribution in [2.75, 3.05) is 6.61 Å². The van der Waals surface area contributed by atoms with Crippen molar-refractivity contribution in [2.45, 2.75) is 71.3 Å². The third kappa shape index (κ3) is 5.20. The SMILES string of the molecule is CCCCCOc1c(Cl)cc(C(=O)c2c(C)c(C#N)c(=O)n(C3CCCCC3)c2O)cc1Cl. The number of carbonyl (C=O) groups is 1. The highest BCUT2D eigenvalue weighted by molar-refractivity contribution is 6.38. The molecule has 176 valence electrons. The number of hydrogen-bond acceptors (Lipinski definition) is 5. The van der Waals surface area contributed by atoms with Crippen molar-refractivity contribution >= 4 is 29.0 Å². The van der Waals surface area contributed by atoms with Crippen LogP contribution in [0, 0.1) is 18.3 Å². The smallest absolute Gasteiger partial charge is 0.271 e. The van der Waals surface area contributed by atoms with Crippen molar-refractivity contribution < 1.29 is 14.6 Å². The van der Waals surface area contributed by atoms with Crippen molar-refractivity contribution in [1.29, 1.82) is 5.26 Å². The second-order valence-corrected chi connectivity index (χ2v) is 9.25. The Morgan fingerprint density at radius 3 is 2.42 bits per heavy atom. The fourth-order valence-corrected chi connectivity index (χ4v) is 4.97. The topological polar surface area (TPSA) is 92.3 Å². The van der Waals surface area contributed by atoms with Crippen LogP contribution in [0.25, 0.3) is 0 Å². The maximum atomic E-state index is 13.5. The van der Waals surface area contributed by atoms with E-state index < -0.39 is 17.2 Å². The number of rotatable bonds is 8. The van der Waals surface area contributed by atoms with Gasteiger partial charge in [0.25, 0.3) is 5.56 Å². The fourth-order valence-electron chi connectivity index (χ4n) is 4.37. The van der Waals surface area contributed by atoms with Crippen LogP contribution in [0.2, 0.25) is 10.0 Å². The number of unbranched alkanes of at least 4 members (excludes halogenated alkanes) is 2. The average molecular weight is 491 g/mol. The normalized spacial score (nSPS) is 14.2. The Labute approximate surface area is 203 Å². The molecule has 0 spiro atoms. The molecule has 0 aliphatic heterocycles. The van der Waals surface area contributed by atoms with Crippen LogP contribution in [0.3, 0.4) is 0 Å². The van der Waals surface area contributed by atoms with Crippen LogP contribution >= 0.6 is 23.2 Å². The molecular weight excluding hydrogens is 463 g/mol. The van der Waals surface area contributed by atoms with Gasteiger partial charge in [-0.05, 0) is 43.9 Å². The van der Waals surface area contributed by atoms with Gasteiger partial charge < -0.3 is 9.84 Å². The monoisotopic (exact) mass is 490 g/mol. The van der Waals surface area contributed by atoms with Gasteiger partial charge in [0, 0.05) is 11.6 Å². The maximum absolute atomic E-state index is 13.5. The molecule has 1 aliphatic rings. The molecular formula is C25H28Cl2N2O4. The summed E-state index contributed by atoms with van der Waals surface area (Å²) in [6.07, 6.45) is 7.22. The first kappa shape index (κ1) is 25.1. The molecule has 0 saturated heterocycles. The number of nitriles is 1. The van der Waals surface area contributed by atoms with Crippen LogP contribution in [0.15, 0.2) is 16.9 Å². The zero-order chi connectivity index (χ0) is 24.1. The summed E-state index contributed by atoms with van der Waals surface area (Å²) in [6, 6.07) is 4.53. The lowest BCUT2D eigenvalue weighted by Crippen LogP contribution is -2.31. The first-order valence-electron chi connectivity index (χ1n) is 11.4. The van der Waals surface area contributed by atoms with Crippen LogP contribution in [-0.2, 0) is 0 Å². The number of ether oxygens (including phenoxy) is 1. The summed E-state index contributed by atoms with van der Waals surface area (Å²) in [5.74, 6) is -0.676. The Balaban J connectivity index is 2.05. The second-order valence-electron chi connectivity index (χ2n) is 8.43. The van der Waals surface area contributed by atoms with Crippen molar-refractivity contribution in [3.63, 3.8) is 0 Å². The van der Waals surface area contributed by atoms with Gasteiger partial charge in [0.2, 0.25) is 5.88 Å². The second kappa shape index (κ2) is 11.1. The van der Waals surface area contributed by atoms with Crippen LogP contribution in [0.4, 0.5) is 0 Å². The molecule has 0 atom stereocenters. The minimum absolute atomic E-state index is 0.0829. The van der Waals surface area contributed by atoms with Crippen molar-refractivity contribution in [1.82, 2.24) is 4.57 Å². The highest BCUT2D eigenvalue weighted by Crippen LogP contribution is 2.37. The summed E-state index contributed by atoms with van der Waals surface area (Å²) < 4.78 is 6.91. The summed E-state index contributed by atoms with van der Waals surface area (Å²) in [5, 5.41) is 21.0. The summed E-state index contributed by atoms with van der Waals surface area (Å²) in [5.41, 5.74) is -0.510. The molecule has 0 radical (unpaired) electrons. The lowest BCUT2D eigenvalue weighted by molar-refractivity contribution is 0.103. The molecule has 8 heteroatoms. The molecule has 0 amide bonds. The van der Waals surface area contributed by atoms with Gasteiger partial charge in [-0.1, -0.05) is 62.2 Å². The van der Waals surface area contributed by atoms with E-state index in [1.54, 1.807) is 0 Å². The van der Waals surface area contributed by atoms with Crippen molar-refractivity contribution in [2.24, 2.45) is 0 Å². The molecule has 6 nitrogen and oxygen atoms in total. The predicted molar refractivity (Wildman–Crippen MR) is 129 cm³/mol. The van der Waals surface area contributed by atoms with Gasteiger partial charge in [-0.15, -0.1) is 0 Å². The molecule has 33 heavy (non-hydrogen) atoms. The van der Waals surface area contributed by atoms with E-state index in [0.29, 0.717) is 25.2 Å². The predicted octanol–water partition coefficient (Wildman–Crippen LogP) is 6.35. The molecule has 3 rings (SSSR count). The van der Waals surface area contributed by atoms with Gasteiger partial charge in [-0.2, -0.15) is 5.26 Å². The van der Waals surface area contributed by atoms with E-state index >= 15 is 0 Å². The molecule has 0 unspecified atom stereocenters.